The minimum atomic E-state index is -0.157. The van der Waals surface area contributed by atoms with Crippen LogP contribution in [0.25, 0.3) is 0 Å². The van der Waals surface area contributed by atoms with E-state index in [1.807, 2.05) is 16.7 Å². The van der Waals surface area contributed by atoms with Gasteiger partial charge in [-0.2, -0.15) is 11.8 Å². The van der Waals surface area contributed by atoms with Crippen LogP contribution in [-0.4, -0.2) is 41.6 Å². The highest BCUT2D eigenvalue weighted by atomic mass is 32.2. The quantitative estimate of drug-likeness (QED) is 0.760. The second-order valence-electron chi connectivity index (χ2n) is 7.21. The van der Waals surface area contributed by atoms with E-state index >= 15 is 0 Å². The Morgan fingerprint density at radius 3 is 2.68 bits per heavy atom. The smallest absolute Gasteiger partial charge is 0.225 e. The van der Waals surface area contributed by atoms with Gasteiger partial charge < -0.3 is 10.2 Å². The zero-order chi connectivity index (χ0) is 17.6. The van der Waals surface area contributed by atoms with E-state index < -0.39 is 0 Å². The summed E-state index contributed by atoms with van der Waals surface area (Å²) in [6.45, 7) is 3.38. The number of thioether (sulfide) groups is 1. The zero-order valence-electron chi connectivity index (χ0n) is 15.0. The van der Waals surface area contributed by atoms with Crippen molar-refractivity contribution >= 4 is 23.6 Å². The molecule has 1 heterocycles. The monoisotopic (exact) mass is 360 g/mol. The second-order valence-corrected chi connectivity index (χ2v) is 8.32. The molecule has 3 rings (SSSR count). The first kappa shape index (κ1) is 18.3. The van der Waals surface area contributed by atoms with E-state index in [0.29, 0.717) is 25.6 Å². The number of rotatable bonds is 7. The topological polar surface area (TPSA) is 49.4 Å². The van der Waals surface area contributed by atoms with Gasteiger partial charge in [-0.05, 0) is 25.3 Å². The molecule has 0 bridgehead atoms. The predicted molar refractivity (Wildman–Crippen MR) is 102 cm³/mol. The van der Waals surface area contributed by atoms with Crippen molar-refractivity contribution < 1.29 is 9.59 Å². The Bertz CT molecular complexity index is 596. The number of benzene rings is 1. The highest BCUT2D eigenvalue weighted by Gasteiger charge is 2.38. The molecule has 4 nitrogen and oxygen atoms in total. The van der Waals surface area contributed by atoms with Gasteiger partial charge in [0.25, 0.3) is 0 Å². The van der Waals surface area contributed by atoms with Gasteiger partial charge in [-0.3, -0.25) is 9.59 Å². The van der Waals surface area contributed by atoms with Gasteiger partial charge in [0, 0.05) is 37.1 Å². The molecule has 2 fully saturated rings. The summed E-state index contributed by atoms with van der Waals surface area (Å²) in [5.74, 6) is 1.92. The molecule has 0 radical (unpaired) electrons. The number of hydrogen-bond donors (Lipinski definition) is 1. The molecule has 2 amide bonds. The summed E-state index contributed by atoms with van der Waals surface area (Å²) < 4.78 is 0. The lowest BCUT2D eigenvalue weighted by molar-refractivity contribution is -0.130. The third-order valence-corrected chi connectivity index (χ3v) is 6.26. The first-order valence-electron chi connectivity index (χ1n) is 9.34. The van der Waals surface area contributed by atoms with Crippen molar-refractivity contribution in [2.24, 2.45) is 5.92 Å². The predicted octanol–water partition coefficient (Wildman–Crippen LogP) is 3.14. The van der Waals surface area contributed by atoms with Crippen LogP contribution in [0.1, 0.15) is 43.2 Å². The average molecular weight is 361 g/mol. The summed E-state index contributed by atoms with van der Waals surface area (Å²) >= 11 is 1.83. The van der Waals surface area contributed by atoms with Crippen LogP contribution in [0.4, 0.5) is 0 Å². The maximum Gasteiger partial charge on any atom is 0.225 e. The summed E-state index contributed by atoms with van der Waals surface area (Å²) in [4.78, 5) is 26.5. The largest absolute Gasteiger partial charge is 0.355 e. The van der Waals surface area contributed by atoms with Gasteiger partial charge in [-0.15, -0.1) is 0 Å². The van der Waals surface area contributed by atoms with Gasteiger partial charge in [0.05, 0.1) is 5.92 Å². The van der Waals surface area contributed by atoms with Crippen LogP contribution in [0.15, 0.2) is 24.3 Å². The van der Waals surface area contributed by atoms with Crippen molar-refractivity contribution in [3.63, 3.8) is 0 Å². The van der Waals surface area contributed by atoms with Crippen LogP contribution in [0, 0.1) is 12.8 Å². The summed E-state index contributed by atoms with van der Waals surface area (Å²) in [6, 6.07) is 8.96. The van der Waals surface area contributed by atoms with Gasteiger partial charge in [0.15, 0.2) is 0 Å². The number of amides is 2. The Morgan fingerprint density at radius 2 is 1.96 bits per heavy atom. The molecule has 136 valence electrons. The fourth-order valence-electron chi connectivity index (χ4n) is 3.74. The minimum Gasteiger partial charge on any atom is -0.355 e. The molecule has 1 saturated carbocycles. The number of hydrogen-bond acceptors (Lipinski definition) is 3. The van der Waals surface area contributed by atoms with E-state index in [-0.39, 0.29) is 17.7 Å². The van der Waals surface area contributed by atoms with Crippen LogP contribution in [0.3, 0.4) is 0 Å². The Hall–Kier alpha value is -1.49. The molecule has 1 aliphatic heterocycles. The lowest BCUT2D eigenvalue weighted by Gasteiger charge is -2.23. The first-order valence-corrected chi connectivity index (χ1v) is 10.5. The van der Waals surface area contributed by atoms with Crippen LogP contribution in [0.5, 0.6) is 0 Å². The third kappa shape index (κ3) is 5.00. The van der Waals surface area contributed by atoms with Crippen molar-refractivity contribution in [3.05, 3.63) is 35.4 Å². The fourth-order valence-corrected chi connectivity index (χ4v) is 4.56. The standard InChI is InChI=1S/C20H28N2O2S/c1-15-6-8-16(9-7-15)14-25-11-10-21-20(24)17-12-19(23)22(13-17)18-4-2-3-5-18/h6-9,17-18H,2-5,10-14H2,1H3,(H,21,24). The van der Waals surface area contributed by atoms with E-state index in [2.05, 4.69) is 36.5 Å². The highest BCUT2D eigenvalue weighted by Crippen LogP contribution is 2.29. The molecular weight excluding hydrogens is 332 g/mol. The molecule has 0 aromatic heterocycles. The Morgan fingerprint density at radius 1 is 1.24 bits per heavy atom. The molecule has 2 aliphatic rings. The van der Waals surface area contributed by atoms with Crippen molar-refractivity contribution in [1.29, 1.82) is 0 Å². The zero-order valence-corrected chi connectivity index (χ0v) is 15.8. The summed E-state index contributed by atoms with van der Waals surface area (Å²) in [5.41, 5.74) is 2.59. The van der Waals surface area contributed by atoms with E-state index in [1.165, 1.54) is 24.0 Å². The number of nitrogens with zero attached hydrogens (tertiary/aromatic N) is 1. The van der Waals surface area contributed by atoms with E-state index in [4.69, 9.17) is 0 Å². The SMILES string of the molecule is Cc1ccc(CSCCNC(=O)C2CC(=O)N(C3CCCC3)C2)cc1. The summed E-state index contributed by atoms with van der Waals surface area (Å²) in [7, 11) is 0. The molecule has 0 spiro atoms. The number of carbonyl (C=O) groups excluding carboxylic acids is 2. The highest BCUT2D eigenvalue weighted by molar-refractivity contribution is 7.98. The number of aryl methyl sites for hydroxylation is 1. The van der Waals surface area contributed by atoms with Crippen LogP contribution in [-0.2, 0) is 15.3 Å². The molecule has 1 aromatic rings. The Kier molecular flexibility index (Phi) is 6.40. The normalized spacial score (nSPS) is 21.1. The molecule has 1 aromatic carbocycles. The molecule has 1 atom stereocenters. The van der Waals surface area contributed by atoms with Crippen molar-refractivity contribution in [2.75, 3.05) is 18.8 Å². The molecule has 25 heavy (non-hydrogen) atoms. The minimum absolute atomic E-state index is 0.0461. The van der Waals surface area contributed by atoms with Gasteiger partial charge in [0.1, 0.15) is 0 Å². The second kappa shape index (κ2) is 8.75. The number of likely N-dealkylation sites (tertiary alicyclic amines) is 1. The number of carbonyl (C=O) groups is 2. The maximum atomic E-state index is 12.3. The molecule has 1 saturated heterocycles. The lowest BCUT2D eigenvalue weighted by atomic mass is 10.1. The molecule has 1 aliphatic carbocycles. The molecule has 1 unspecified atom stereocenters. The van der Waals surface area contributed by atoms with Crippen molar-refractivity contribution in [1.82, 2.24) is 10.2 Å². The maximum absolute atomic E-state index is 12.3. The van der Waals surface area contributed by atoms with E-state index in [9.17, 15) is 9.59 Å². The van der Waals surface area contributed by atoms with E-state index in [1.54, 1.807) is 0 Å². The summed E-state index contributed by atoms with van der Waals surface area (Å²) in [5, 5.41) is 3.01. The van der Waals surface area contributed by atoms with Crippen molar-refractivity contribution in [3.8, 4) is 0 Å². The fraction of sp³-hybridized carbons (Fsp3) is 0.600. The van der Waals surface area contributed by atoms with E-state index in [0.717, 1.165) is 24.3 Å². The summed E-state index contributed by atoms with van der Waals surface area (Å²) in [6.07, 6.45) is 5.03. The third-order valence-electron chi connectivity index (χ3n) is 5.23. The van der Waals surface area contributed by atoms with Gasteiger partial charge in [-0.1, -0.05) is 42.7 Å². The molecule has 5 heteroatoms. The van der Waals surface area contributed by atoms with Gasteiger partial charge in [0.2, 0.25) is 11.8 Å². The van der Waals surface area contributed by atoms with Crippen LogP contribution >= 0.6 is 11.8 Å². The van der Waals surface area contributed by atoms with Gasteiger partial charge in [-0.25, -0.2) is 0 Å². The van der Waals surface area contributed by atoms with Crippen LogP contribution < -0.4 is 5.32 Å². The molecule has 1 N–H and O–H groups in total. The number of nitrogens with one attached hydrogen (secondary N) is 1. The molecular formula is C20H28N2O2S. The van der Waals surface area contributed by atoms with Gasteiger partial charge >= 0.3 is 0 Å². The Labute approximate surface area is 154 Å². The van der Waals surface area contributed by atoms with Crippen LogP contribution in [0.2, 0.25) is 0 Å². The first-order chi connectivity index (χ1) is 12.1. The van der Waals surface area contributed by atoms with Crippen molar-refractivity contribution in [2.45, 2.75) is 50.8 Å². The Balaban J connectivity index is 1.34. The average Bonchev–Trinajstić information content (AvgIpc) is 3.25. The lowest BCUT2D eigenvalue weighted by Crippen LogP contribution is -2.37.